The van der Waals surface area contributed by atoms with Crippen molar-refractivity contribution >= 4 is 5.97 Å². The van der Waals surface area contributed by atoms with Crippen LogP contribution in [0.2, 0.25) is 0 Å². The van der Waals surface area contributed by atoms with E-state index in [9.17, 15) is 4.79 Å². The highest BCUT2D eigenvalue weighted by Crippen LogP contribution is 2.52. The average molecular weight is 438 g/mol. The van der Waals surface area contributed by atoms with E-state index in [1.165, 1.54) is 5.56 Å². The molecular formula is C26H31NO5. The van der Waals surface area contributed by atoms with Gasteiger partial charge >= 0.3 is 5.97 Å². The number of fused-ring (bicyclic) bond motifs is 4. The average Bonchev–Trinajstić information content (AvgIpc) is 2.77. The maximum Gasteiger partial charge on any atom is 0.341 e. The lowest BCUT2D eigenvalue weighted by Gasteiger charge is -2.53. The number of rotatable bonds is 5. The predicted octanol–water partition coefficient (Wildman–Crippen LogP) is 4.29. The molecule has 0 saturated carbocycles. The van der Waals surface area contributed by atoms with E-state index in [0.717, 1.165) is 43.8 Å². The van der Waals surface area contributed by atoms with Crippen molar-refractivity contribution < 1.29 is 24.1 Å². The van der Waals surface area contributed by atoms with E-state index in [0.29, 0.717) is 17.6 Å². The molecule has 2 saturated heterocycles. The second-order valence-corrected chi connectivity index (χ2v) is 9.75. The van der Waals surface area contributed by atoms with Gasteiger partial charge in [-0.25, -0.2) is 4.79 Å². The summed E-state index contributed by atoms with van der Waals surface area (Å²) in [5.74, 6) is 1.39. The quantitative estimate of drug-likeness (QED) is 0.753. The summed E-state index contributed by atoms with van der Waals surface area (Å²) in [6.07, 6.45) is 2.42. The SMILES string of the molecule is CC1(C)Oc2ccccc2[C@H]2O[C@H]3CCN(Cc4ccccc4OCC(=O)O)C[C@@H]3C[C@@H]21. The maximum absolute atomic E-state index is 10.9. The predicted molar refractivity (Wildman–Crippen MR) is 120 cm³/mol. The van der Waals surface area contributed by atoms with Crippen LogP contribution in [0.3, 0.4) is 0 Å². The van der Waals surface area contributed by atoms with Crippen molar-refractivity contribution in [1.29, 1.82) is 0 Å². The molecule has 3 aliphatic rings. The molecule has 3 heterocycles. The summed E-state index contributed by atoms with van der Waals surface area (Å²) in [6.45, 7) is 6.69. The third kappa shape index (κ3) is 4.09. The highest BCUT2D eigenvalue weighted by atomic mass is 16.5. The van der Waals surface area contributed by atoms with Crippen LogP contribution in [0.1, 0.15) is 43.9 Å². The first-order chi connectivity index (χ1) is 15.4. The summed E-state index contributed by atoms with van der Waals surface area (Å²) in [5.41, 5.74) is 1.93. The minimum Gasteiger partial charge on any atom is -0.487 e. The highest BCUT2D eigenvalue weighted by Gasteiger charge is 2.51. The van der Waals surface area contributed by atoms with Crippen molar-refractivity contribution in [1.82, 2.24) is 4.90 Å². The minimum atomic E-state index is -0.964. The molecule has 0 radical (unpaired) electrons. The van der Waals surface area contributed by atoms with E-state index in [1.54, 1.807) is 0 Å². The van der Waals surface area contributed by atoms with Gasteiger partial charge in [-0.2, -0.15) is 0 Å². The zero-order valence-electron chi connectivity index (χ0n) is 18.7. The minimum absolute atomic E-state index is 0.0906. The lowest BCUT2D eigenvalue weighted by Crippen LogP contribution is -2.55. The molecule has 2 fully saturated rings. The number of hydrogen-bond acceptors (Lipinski definition) is 5. The van der Waals surface area contributed by atoms with Crippen molar-refractivity contribution in [3.05, 3.63) is 59.7 Å². The molecule has 0 bridgehead atoms. The molecule has 6 nitrogen and oxygen atoms in total. The standard InChI is InChI=1S/C26H31NO5/c1-26(2)20-13-18-15-27(14-17-7-3-5-9-21(17)30-16-24(28)29)12-11-22(18)31-25(20)19-8-4-6-10-23(19)32-26/h3-10,18,20,22,25H,11-16H2,1-2H3,(H,28,29)/t18-,20-,22-,25+/m0/s1. The zero-order chi connectivity index (χ0) is 22.3. The Morgan fingerprint density at radius 1 is 1.19 bits per heavy atom. The van der Waals surface area contributed by atoms with E-state index in [2.05, 4.69) is 36.9 Å². The molecule has 0 amide bonds. The number of carboxylic acids is 1. The number of carboxylic acid groups (broad SMARTS) is 1. The van der Waals surface area contributed by atoms with Crippen molar-refractivity contribution in [2.24, 2.45) is 11.8 Å². The van der Waals surface area contributed by atoms with Gasteiger partial charge in [-0.1, -0.05) is 36.4 Å². The van der Waals surface area contributed by atoms with Crippen LogP contribution >= 0.6 is 0 Å². The Hall–Kier alpha value is -2.57. The summed E-state index contributed by atoms with van der Waals surface area (Å²) in [7, 11) is 0. The molecule has 2 aromatic rings. The number of benzene rings is 2. The number of likely N-dealkylation sites (tertiary alicyclic amines) is 1. The zero-order valence-corrected chi connectivity index (χ0v) is 18.7. The molecule has 0 spiro atoms. The van der Waals surface area contributed by atoms with E-state index in [1.807, 2.05) is 30.3 Å². The third-order valence-electron chi connectivity index (χ3n) is 7.20. The summed E-state index contributed by atoms with van der Waals surface area (Å²) in [6, 6.07) is 16.0. The van der Waals surface area contributed by atoms with Gasteiger partial charge in [0.1, 0.15) is 17.1 Å². The van der Waals surface area contributed by atoms with Crippen LogP contribution in [0, 0.1) is 11.8 Å². The smallest absolute Gasteiger partial charge is 0.341 e. The molecule has 2 aromatic carbocycles. The van der Waals surface area contributed by atoms with Crippen molar-refractivity contribution in [2.45, 2.75) is 51.0 Å². The Bertz CT molecular complexity index is 990. The summed E-state index contributed by atoms with van der Waals surface area (Å²) >= 11 is 0. The van der Waals surface area contributed by atoms with Gasteiger partial charge in [-0.3, -0.25) is 4.90 Å². The van der Waals surface area contributed by atoms with Crippen LogP contribution in [0.5, 0.6) is 11.5 Å². The van der Waals surface area contributed by atoms with E-state index in [-0.39, 0.29) is 24.4 Å². The number of ether oxygens (including phenoxy) is 3. The van der Waals surface area contributed by atoms with Crippen LogP contribution in [-0.2, 0) is 16.1 Å². The van der Waals surface area contributed by atoms with E-state index < -0.39 is 5.97 Å². The molecule has 1 N–H and O–H groups in total. The Morgan fingerprint density at radius 3 is 2.81 bits per heavy atom. The first-order valence-corrected chi connectivity index (χ1v) is 11.5. The van der Waals surface area contributed by atoms with Crippen LogP contribution < -0.4 is 9.47 Å². The normalized spacial score (nSPS) is 28.6. The number of carbonyl (C=O) groups is 1. The van der Waals surface area contributed by atoms with E-state index in [4.69, 9.17) is 19.3 Å². The van der Waals surface area contributed by atoms with Crippen LogP contribution in [-0.4, -0.2) is 47.4 Å². The number of para-hydroxylation sites is 2. The van der Waals surface area contributed by atoms with Crippen molar-refractivity contribution in [3.63, 3.8) is 0 Å². The lowest BCUT2D eigenvalue weighted by molar-refractivity contribution is -0.187. The number of piperidine rings is 1. The highest BCUT2D eigenvalue weighted by molar-refractivity contribution is 5.68. The summed E-state index contributed by atoms with van der Waals surface area (Å²) in [5, 5.41) is 8.96. The Labute approximate surface area is 189 Å². The largest absolute Gasteiger partial charge is 0.487 e. The molecule has 0 unspecified atom stereocenters. The van der Waals surface area contributed by atoms with Crippen LogP contribution in [0.4, 0.5) is 0 Å². The molecule has 0 aliphatic carbocycles. The number of hydrogen-bond donors (Lipinski definition) is 1. The Morgan fingerprint density at radius 2 is 1.97 bits per heavy atom. The molecular weight excluding hydrogens is 406 g/mol. The molecule has 4 atom stereocenters. The maximum atomic E-state index is 10.9. The van der Waals surface area contributed by atoms with Crippen molar-refractivity contribution in [2.75, 3.05) is 19.7 Å². The molecule has 6 heteroatoms. The van der Waals surface area contributed by atoms with Crippen LogP contribution in [0.25, 0.3) is 0 Å². The van der Waals surface area contributed by atoms with E-state index >= 15 is 0 Å². The Kier molecular flexibility index (Phi) is 5.59. The molecule has 0 aromatic heterocycles. The van der Waals surface area contributed by atoms with Gasteiger partial charge in [-0.05, 0) is 44.7 Å². The van der Waals surface area contributed by atoms with Crippen LogP contribution in [0.15, 0.2) is 48.5 Å². The monoisotopic (exact) mass is 437 g/mol. The fourth-order valence-electron chi connectivity index (χ4n) is 5.63. The first kappa shape index (κ1) is 21.3. The Balaban J connectivity index is 1.30. The van der Waals surface area contributed by atoms with Gasteiger partial charge in [0.2, 0.25) is 0 Å². The number of nitrogens with zero attached hydrogens (tertiary/aromatic N) is 1. The van der Waals surface area contributed by atoms with Gasteiger partial charge in [0, 0.05) is 36.7 Å². The number of aliphatic carboxylic acids is 1. The topological polar surface area (TPSA) is 68.2 Å². The van der Waals surface area contributed by atoms with Crippen molar-refractivity contribution in [3.8, 4) is 11.5 Å². The molecule has 3 aliphatic heterocycles. The third-order valence-corrected chi connectivity index (χ3v) is 7.20. The summed E-state index contributed by atoms with van der Waals surface area (Å²) in [4.78, 5) is 13.4. The van der Waals surface area contributed by atoms with Gasteiger partial charge in [0.25, 0.3) is 0 Å². The molecule has 32 heavy (non-hydrogen) atoms. The fraction of sp³-hybridized carbons (Fsp3) is 0.500. The van der Waals surface area contributed by atoms with Gasteiger partial charge < -0.3 is 19.3 Å². The van der Waals surface area contributed by atoms with Gasteiger partial charge in [-0.15, -0.1) is 0 Å². The molecule has 5 rings (SSSR count). The first-order valence-electron chi connectivity index (χ1n) is 11.5. The summed E-state index contributed by atoms with van der Waals surface area (Å²) < 4.78 is 18.7. The molecule has 170 valence electrons. The van der Waals surface area contributed by atoms with Gasteiger partial charge in [0.05, 0.1) is 12.2 Å². The second kappa shape index (κ2) is 8.41. The van der Waals surface area contributed by atoms with Gasteiger partial charge in [0.15, 0.2) is 6.61 Å². The fourth-order valence-corrected chi connectivity index (χ4v) is 5.63. The lowest BCUT2D eigenvalue weighted by atomic mass is 9.70. The second-order valence-electron chi connectivity index (χ2n) is 9.75.